The highest BCUT2D eigenvalue weighted by molar-refractivity contribution is 9.10. The summed E-state index contributed by atoms with van der Waals surface area (Å²) in [7, 11) is 0. The van der Waals surface area contributed by atoms with E-state index in [2.05, 4.69) is 57.2 Å². The van der Waals surface area contributed by atoms with E-state index < -0.39 is 0 Å². The molecule has 2 N–H and O–H groups in total. The van der Waals surface area contributed by atoms with Crippen LogP contribution in [0.15, 0.2) is 33.5 Å². The number of anilines is 1. The quantitative estimate of drug-likeness (QED) is 0.786. The van der Waals surface area contributed by atoms with Gasteiger partial charge in [-0.15, -0.1) is 0 Å². The van der Waals surface area contributed by atoms with Crippen molar-refractivity contribution in [1.29, 1.82) is 5.26 Å². The van der Waals surface area contributed by atoms with Crippen molar-refractivity contribution in [3.05, 3.63) is 55.9 Å². The molecule has 1 aliphatic rings. The maximum Gasteiger partial charge on any atom is 0.289 e. The molecule has 1 saturated heterocycles. The molecule has 0 amide bonds. The van der Waals surface area contributed by atoms with Crippen LogP contribution in [-0.2, 0) is 12.0 Å². The third-order valence-electron chi connectivity index (χ3n) is 5.03. The molecule has 0 saturated carbocycles. The summed E-state index contributed by atoms with van der Waals surface area (Å²) in [4.78, 5) is 19.2. The van der Waals surface area contributed by atoms with Gasteiger partial charge in [0.1, 0.15) is 4.47 Å². The Labute approximate surface area is 174 Å². The summed E-state index contributed by atoms with van der Waals surface area (Å²) < 4.78 is 2.54. The SMILES string of the molecule is CC(C)(C)c1c(Br)c(=O)nc(N2CCC[C@@H](N)C2)n1Cc1ccccc1C#N. The van der Waals surface area contributed by atoms with Gasteiger partial charge in [-0.2, -0.15) is 10.2 Å². The fourth-order valence-electron chi connectivity index (χ4n) is 3.77. The smallest absolute Gasteiger partial charge is 0.289 e. The van der Waals surface area contributed by atoms with E-state index in [-0.39, 0.29) is 17.0 Å². The molecule has 2 aromatic rings. The lowest BCUT2D eigenvalue weighted by molar-refractivity contribution is 0.473. The monoisotopic (exact) mass is 443 g/mol. The maximum atomic E-state index is 12.7. The number of halogens is 1. The normalized spacial score (nSPS) is 17.4. The highest BCUT2D eigenvalue weighted by atomic mass is 79.9. The zero-order valence-electron chi connectivity index (χ0n) is 16.6. The fraction of sp³-hybridized carbons (Fsp3) is 0.476. The molecule has 7 heteroatoms. The first-order valence-electron chi connectivity index (χ1n) is 9.51. The molecule has 1 fully saturated rings. The summed E-state index contributed by atoms with van der Waals surface area (Å²) in [6.07, 6.45) is 1.94. The Balaban J connectivity index is 2.23. The average Bonchev–Trinajstić information content (AvgIpc) is 2.64. The zero-order valence-corrected chi connectivity index (χ0v) is 18.2. The predicted octanol–water partition coefficient (Wildman–Crippen LogP) is 3.15. The van der Waals surface area contributed by atoms with E-state index in [9.17, 15) is 10.1 Å². The van der Waals surface area contributed by atoms with Crippen molar-refractivity contribution in [3.63, 3.8) is 0 Å². The first-order valence-corrected chi connectivity index (χ1v) is 10.3. The largest absolute Gasteiger partial charge is 0.341 e. The number of aromatic nitrogens is 2. The van der Waals surface area contributed by atoms with Crippen LogP contribution < -0.4 is 16.2 Å². The number of nitriles is 1. The Morgan fingerprint density at radius 2 is 2.07 bits per heavy atom. The van der Waals surface area contributed by atoms with Gasteiger partial charge in [-0.05, 0) is 40.4 Å². The number of rotatable bonds is 3. The molecule has 0 spiro atoms. The summed E-state index contributed by atoms with van der Waals surface area (Å²) in [5.41, 5.74) is 8.01. The highest BCUT2D eigenvalue weighted by Crippen LogP contribution is 2.32. The zero-order chi connectivity index (χ0) is 20.5. The fourth-order valence-corrected chi connectivity index (χ4v) is 4.67. The van der Waals surface area contributed by atoms with E-state index in [1.807, 2.05) is 24.3 Å². The number of nitrogens with zero attached hydrogens (tertiary/aromatic N) is 4. The Hall–Kier alpha value is -2.17. The van der Waals surface area contributed by atoms with Crippen molar-refractivity contribution in [2.24, 2.45) is 5.73 Å². The minimum atomic E-state index is -0.296. The third kappa shape index (κ3) is 4.13. The maximum absolute atomic E-state index is 12.7. The Morgan fingerprint density at radius 1 is 1.36 bits per heavy atom. The second kappa shape index (κ2) is 8.06. The second-order valence-electron chi connectivity index (χ2n) is 8.33. The number of piperidine rings is 1. The lowest BCUT2D eigenvalue weighted by Gasteiger charge is -2.36. The van der Waals surface area contributed by atoms with Crippen molar-refractivity contribution in [3.8, 4) is 6.07 Å². The van der Waals surface area contributed by atoms with Crippen LogP contribution in [0.1, 0.15) is 50.4 Å². The van der Waals surface area contributed by atoms with Gasteiger partial charge in [0.2, 0.25) is 5.95 Å². The van der Waals surface area contributed by atoms with Crippen LogP contribution in [0.25, 0.3) is 0 Å². The first-order chi connectivity index (χ1) is 13.2. The van der Waals surface area contributed by atoms with Crippen LogP contribution in [-0.4, -0.2) is 28.7 Å². The van der Waals surface area contributed by atoms with E-state index in [4.69, 9.17) is 5.73 Å². The van der Waals surface area contributed by atoms with E-state index in [0.29, 0.717) is 29.1 Å². The predicted molar refractivity (Wildman–Crippen MR) is 115 cm³/mol. The van der Waals surface area contributed by atoms with Crippen molar-refractivity contribution >= 4 is 21.9 Å². The molecule has 28 heavy (non-hydrogen) atoms. The van der Waals surface area contributed by atoms with Crippen molar-refractivity contribution in [2.45, 2.75) is 51.6 Å². The van der Waals surface area contributed by atoms with E-state index in [1.54, 1.807) is 0 Å². The Kier molecular flexibility index (Phi) is 5.92. The molecule has 1 aromatic carbocycles. The molecule has 2 heterocycles. The number of nitrogens with two attached hydrogens (primary N) is 1. The van der Waals surface area contributed by atoms with Crippen LogP contribution in [0.4, 0.5) is 5.95 Å². The van der Waals surface area contributed by atoms with Gasteiger partial charge in [0.25, 0.3) is 5.56 Å². The average molecular weight is 444 g/mol. The van der Waals surface area contributed by atoms with E-state index in [1.165, 1.54) is 0 Å². The van der Waals surface area contributed by atoms with Crippen molar-refractivity contribution in [1.82, 2.24) is 9.55 Å². The molecule has 0 aliphatic carbocycles. The highest BCUT2D eigenvalue weighted by Gasteiger charge is 2.29. The van der Waals surface area contributed by atoms with E-state index >= 15 is 0 Å². The molecule has 148 valence electrons. The first kappa shape index (κ1) is 20.6. The van der Waals surface area contributed by atoms with Gasteiger partial charge < -0.3 is 15.2 Å². The summed E-state index contributed by atoms with van der Waals surface area (Å²) in [6.45, 7) is 8.16. The lowest BCUT2D eigenvalue weighted by atomic mass is 9.91. The van der Waals surface area contributed by atoms with Crippen LogP contribution in [0.2, 0.25) is 0 Å². The molecule has 0 bridgehead atoms. The number of benzene rings is 1. The molecule has 1 atom stereocenters. The molecular formula is C21H26BrN5O. The molecule has 0 unspecified atom stereocenters. The lowest BCUT2D eigenvalue weighted by Crippen LogP contribution is -2.45. The van der Waals surface area contributed by atoms with Gasteiger partial charge in [0.05, 0.1) is 18.2 Å². The van der Waals surface area contributed by atoms with Gasteiger partial charge in [-0.3, -0.25) is 4.79 Å². The van der Waals surface area contributed by atoms with Gasteiger partial charge >= 0.3 is 0 Å². The molecule has 1 aliphatic heterocycles. The van der Waals surface area contributed by atoms with Crippen molar-refractivity contribution < 1.29 is 0 Å². The minimum Gasteiger partial charge on any atom is -0.341 e. The molecule has 3 rings (SSSR count). The van der Waals surface area contributed by atoms with Gasteiger partial charge in [0, 0.05) is 30.2 Å². The summed E-state index contributed by atoms with van der Waals surface area (Å²) in [6, 6.07) is 9.87. The summed E-state index contributed by atoms with van der Waals surface area (Å²) in [5, 5.41) is 9.52. The summed E-state index contributed by atoms with van der Waals surface area (Å²) >= 11 is 3.48. The van der Waals surface area contributed by atoms with Crippen LogP contribution >= 0.6 is 15.9 Å². The third-order valence-corrected chi connectivity index (χ3v) is 5.74. The standard InChI is InChI=1S/C21H26BrN5O/c1-21(2,3)18-17(22)19(28)25-20(26-10-6-9-16(24)13-26)27(18)12-15-8-5-4-7-14(15)11-23/h4-5,7-8,16H,6,9-10,12-13,24H2,1-3H3/t16-/m1/s1. The molecule has 6 nitrogen and oxygen atoms in total. The van der Waals surface area contributed by atoms with Gasteiger partial charge in [-0.1, -0.05) is 39.0 Å². The number of hydrogen-bond acceptors (Lipinski definition) is 5. The molecule has 0 radical (unpaired) electrons. The van der Waals surface area contributed by atoms with Gasteiger partial charge in [-0.25, -0.2) is 0 Å². The van der Waals surface area contributed by atoms with E-state index in [0.717, 1.165) is 30.6 Å². The van der Waals surface area contributed by atoms with Crippen LogP contribution in [0.5, 0.6) is 0 Å². The molecule has 1 aromatic heterocycles. The second-order valence-corrected chi connectivity index (χ2v) is 9.13. The Morgan fingerprint density at radius 3 is 2.71 bits per heavy atom. The van der Waals surface area contributed by atoms with Crippen LogP contribution in [0, 0.1) is 11.3 Å². The number of hydrogen-bond donors (Lipinski definition) is 1. The van der Waals surface area contributed by atoms with Crippen molar-refractivity contribution in [2.75, 3.05) is 18.0 Å². The topological polar surface area (TPSA) is 87.9 Å². The van der Waals surface area contributed by atoms with Gasteiger partial charge in [0.15, 0.2) is 0 Å². The summed E-state index contributed by atoms with van der Waals surface area (Å²) in [5.74, 6) is 0.626. The minimum absolute atomic E-state index is 0.0623. The Bertz CT molecular complexity index is 970. The van der Waals surface area contributed by atoms with Crippen LogP contribution in [0.3, 0.4) is 0 Å². The molecular weight excluding hydrogens is 418 g/mol.